The molecule has 3 nitrogen and oxygen atoms in total. The predicted octanol–water partition coefficient (Wildman–Crippen LogP) is 2.72. The Bertz CT molecular complexity index is 459. The number of benzene rings is 1. The topological polar surface area (TPSA) is 46.5 Å². The molecule has 86 valence electrons. The van der Waals surface area contributed by atoms with Crippen molar-refractivity contribution in [2.75, 3.05) is 7.11 Å². The zero-order chi connectivity index (χ0) is 12.5. The molecule has 1 rings (SSSR count). The van der Waals surface area contributed by atoms with Gasteiger partial charge < -0.3 is 9.84 Å². The van der Waals surface area contributed by atoms with E-state index in [-0.39, 0.29) is 5.57 Å². The number of aryl methyl sites for hydroxylation is 1. The van der Waals surface area contributed by atoms with Gasteiger partial charge in [0.15, 0.2) is 0 Å². The van der Waals surface area contributed by atoms with Gasteiger partial charge >= 0.3 is 5.97 Å². The summed E-state index contributed by atoms with van der Waals surface area (Å²) >= 11 is 0. The Morgan fingerprint density at radius 1 is 1.31 bits per heavy atom. The molecule has 0 aromatic heterocycles. The number of methoxy groups -OCH3 is 1. The first kappa shape index (κ1) is 12.3. The minimum Gasteiger partial charge on any atom is -0.496 e. The number of carbonyl (C=O) groups is 1. The Balaban J connectivity index is 3.48. The molecule has 1 aromatic carbocycles. The van der Waals surface area contributed by atoms with Crippen molar-refractivity contribution in [1.82, 2.24) is 0 Å². The van der Waals surface area contributed by atoms with Gasteiger partial charge in [0, 0.05) is 0 Å². The van der Waals surface area contributed by atoms with E-state index in [2.05, 4.69) is 6.58 Å². The van der Waals surface area contributed by atoms with Gasteiger partial charge in [0.05, 0.1) is 12.7 Å². The minimum absolute atomic E-state index is 0.126. The van der Waals surface area contributed by atoms with E-state index in [1.54, 1.807) is 7.11 Å². The Morgan fingerprint density at radius 2 is 1.88 bits per heavy atom. The van der Waals surface area contributed by atoms with Crippen LogP contribution in [-0.4, -0.2) is 18.2 Å². The quantitative estimate of drug-likeness (QED) is 0.797. The van der Waals surface area contributed by atoms with Gasteiger partial charge in [-0.1, -0.05) is 6.58 Å². The number of carboxylic acid groups (broad SMARTS) is 1. The lowest BCUT2D eigenvalue weighted by atomic mass is 9.92. The summed E-state index contributed by atoms with van der Waals surface area (Å²) in [6.07, 6.45) is 0. The van der Waals surface area contributed by atoms with E-state index in [9.17, 15) is 4.79 Å². The van der Waals surface area contributed by atoms with Crippen molar-refractivity contribution in [2.45, 2.75) is 20.8 Å². The van der Waals surface area contributed by atoms with Crippen molar-refractivity contribution in [3.05, 3.63) is 34.9 Å². The van der Waals surface area contributed by atoms with Crippen LogP contribution in [0, 0.1) is 20.8 Å². The first-order valence-electron chi connectivity index (χ1n) is 4.97. The Kier molecular flexibility index (Phi) is 3.38. The average molecular weight is 220 g/mol. The summed E-state index contributed by atoms with van der Waals surface area (Å²) in [5, 5.41) is 8.97. The molecule has 0 unspecified atom stereocenters. The Hall–Kier alpha value is -1.77. The highest BCUT2D eigenvalue weighted by atomic mass is 16.5. The Labute approximate surface area is 95.4 Å². The normalized spacial score (nSPS) is 10.0. The Morgan fingerprint density at radius 3 is 2.31 bits per heavy atom. The van der Waals surface area contributed by atoms with Gasteiger partial charge in [-0.2, -0.15) is 0 Å². The molecule has 0 saturated carbocycles. The van der Waals surface area contributed by atoms with Gasteiger partial charge in [-0.25, -0.2) is 4.79 Å². The number of carboxylic acids is 1. The fraction of sp³-hybridized carbons (Fsp3) is 0.308. The zero-order valence-corrected chi connectivity index (χ0v) is 10.0. The fourth-order valence-electron chi connectivity index (χ4n) is 1.83. The first-order valence-corrected chi connectivity index (χ1v) is 4.97. The lowest BCUT2D eigenvalue weighted by Gasteiger charge is -2.15. The predicted molar refractivity (Wildman–Crippen MR) is 63.9 cm³/mol. The molecule has 0 aliphatic heterocycles. The SMILES string of the molecule is C=C(C(=O)O)c1c(C)cc(OC)c(C)c1C. The van der Waals surface area contributed by atoms with E-state index in [1.165, 1.54) is 0 Å². The summed E-state index contributed by atoms with van der Waals surface area (Å²) in [5.41, 5.74) is 3.55. The zero-order valence-electron chi connectivity index (χ0n) is 10.0. The highest BCUT2D eigenvalue weighted by molar-refractivity contribution is 6.15. The molecule has 16 heavy (non-hydrogen) atoms. The van der Waals surface area contributed by atoms with Crippen molar-refractivity contribution in [1.29, 1.82) is 0 Å². The minimum atomic E-state index is -0.990. The first-order chi connectivity index (χ1) is 7.40. The van der Waals surface area contributed by atoms with Crippen LogP contribution < -0.4 is 4.74 Å². The van der Waals surface area contributed by atoms with Crippen molar-refractivity contribution in [3.63, 3.8) is 0 Å². The molecule has 0 amide bonds. The van der Waals surface area contributed by atoms with Crippen molar-refractivity contribution in [3.8, 4) is 5.75 Å². The third-order valence-corrected chi connectivity index (χ3v) is 2.83. The fourth-order valence-corrected chi connectivity index (χ4v) is 1.83. The molecule has 0 saturated heterocycles. The van der Waals surface area contributed by atoms with Crippen LogP contribution in [0.15, 0.2) is 12.6 Å². The second-order valence-electron chi connectivity index (χ2n) is 3.80. The summed E-state index contributed by atoms with van der Waals surface area (Å²) in [4.78, 5) is 10.9. The van der Waals surface area contributed by atoms with E-state index in [0.717, 1.165) is 22.4 Å². The number of ether oxygens (including phenoxy) is 1. The number of hydrogen-bond acceptors (Lipinski definition) is 2. The maximum Gasteiger partial charge on any atom is 0.335 e. The molecular weight excluding hydrogens is 204 g/mol. The molecule has 0 spiro atoms. The molecule has 0 fully saturated rings. The highest BCUT2D eigenvalue weighted by Gasteiger charge is 2.16. The van der Waals surface area contributed by atoms with Crippen molar-refractivity contribution in [2.24, 2.45) is 0 Å². The number of aliphatic carboxylic acids is 1. The maximum absolute atomic E-state index is 10.9. The van der Waals surface area contributed by atoms with Crippen molar-refractivity contribution >= 4 is 11.5 Å². The third kappa shape index (κ3) is 1.94. The van der Waals surface area contributed by atoms with Crippen LogP contribution in [-0.2, 0) is 4.79 Å². The van der Waals surface area contributed by atoms with Crippen LogP contribution in [0.25, 0.3) is 5.57 Å². The molecule has 3 heteroatoms. The maximum atomic E-state index is 10.9. The standard InChI is InChI=1S/C13H16O3/c1-7-6-11(16-5)8(2)9(3)12(7)10(4)13(14)15/h6H,4H2,1-3,5H3,(H,14,15). The van der Waals surface area contributed by atoms with Crippen LogP contribution in [0.2, 0.25) is 0 Å². The monoisotopic (exact) mass is 220 g/mol. The average Bonchev–Trinajstić information content (AvgIpc) is 2.23. The van der Waals surface area contributed by atoms with E-state index < -0.39 is 5.97 Å². The lowest BCUT2D eigenvalue weighted by Crippen LogP contribution is -2.04. The smallest absolute Gasteiger partial charge is 0.335 e. The third-order valence-electron chi connectivity index (χ3n) is 2.83. The molecule has 0 radical (unpaired) electrons. The van der Waals surface area contributed by atoms with E-state index in [4.69, 9.17) is 9.84 Å². The van der Waals surface area contributed by atoms with E-state index in [1.807, 2.05) is 26.8 Å². The van der Waals surface area contributed by atoms with Crippen LogP contribution >= 0.6 is 0 Å². The summed E-state index contributed by atoms with van der Waals surface area (Å²) in [7, 11) is 1.60. The summed E-state index contributed by atoms with van der Waals surface area (Å²) in [6.45, 7) is 9.25. The molecular formula is C13H16O3. The molecule has 0 heterocycles. The second kappa shape index (κ2) is 4.39. The van der Waals surface area contributed by atoms with Gasteiger partial charge in [-0.3, -0.25) is 0 Å². The second-order valence-corrected chi connectivity index (χ2v) is 3.80. The van der Waals surface area contributed by atoms with Crippen LogP contribution in [0.5, 0.6) is 5.75 Å². The van der Waals surface area contributed by atoms with Crippen LogP contribution in [0.4, 0.5) is 0 Å². The summed E-state index contributed by atoms with van der Waals surface area (Å²) < 4.78 is 5.22. The van der Waals surface area contributed by atoms with Crippen molar-refractivity contribution < 1.29 is 14.6 Å². The largest absolute Gasteiger partial charge is 0.496 e. The lowest BCUT2D eigenvalue weighted by molar-refractivity contribution is -0.130. The molecule has 0 atom stereocenters. The highest BCUT2D eigenvalue weighted by Crippen LogP contribution is 2.31. The molecule has 0 aliphatic carbocycles. The summed E-state index contributed by atoms with van der Waals surface area (Å²) in [5.74, 6) is -0.215. The van der Waals surface area contributed by atoms with E-state index in [0.29, 0.717) is 5.56 Å². The van der Waals surface area contributed by atoms with Gasteiger partial charge in [0.25, 0.3) is 0 Å². The molecule has 1 N–H and O–H groups in total. The van der Waals surface area contributed by atoms with Gasteiger partial charge in [-0.15, -0.1) is 0 Å². The van der Waals surface area contributed by atoms with Gasteiger partial charge in [0.2, 0.25) is 0 Å². The summed E-state index contributed by atoms with van der Waals surface area (Å²) in [6, 6.07) is 1.84. The molecule has 0 aliphatic rings. The van der Waals surface area contributed by atoms with Gasteiger partial charge in [-0.05, 0) is 49.1 Å². The van der Waals surface area contributed by atoms with Gasteiger partial charge in [0.1, 0.15) is 5.75 Å². The molecule has 1 aromatic rings. The number of hydrogen-bond donors (Lipinski definition) is 1. The number of rotatable bonds is 3. The molecule has 0 bridgehead atoms. The van der Waals surface area contributed by atoms with Crippen LogP contribution in [0.1, 0.15) is 22.3 Å². The van der Waals surface area contributed by atoms with Crippen LogP contribution in [0.3, 0.4) is 0 Å². The van der Waals surface area contributed by atoms with E-state index >= 15 is 0 Å².